The van der Waals surface area contributed by atoms with Crippen molar-refractivity contribution >= 4 is 0 Å². The summed E-state index contributed by atoms with van der Waals surface area (Å²) in [4.78, 5) is 8.37. The Bertz CT molecular complexity index is 316. The van der Waals surface area contributed by atoms with Crippen molar-refractivity contribution in [2.24, 2.45) is 0 Å². The van der Waals surface area contributed by atoms with Crippen molar-refractivity contribution in [3.05, 3.63) is 48.8 Å². The van der Waals surface area contributed by atoms with Crippen LogP contribution in [0.2, 0.25) is 0 Å². The molecule has 14 heavy (non-hydrogen) atoms. The minimum Gasteiger partial charge on any atom is -1.00 e. The van der Waals surface area contributed by atoms with E-state index in [1.807, 2.05) is 36.4 Å². The van der Waals surface area contributed by atoms with Gasteiger partial charge < -0.3 is 12.4 Å². The van der Waals surface area contributed by atoms with E-state index in [0.717, 1.165) is 11.4 Å². The number of pyridine rings is 2. The Morgan fingerprint density at radius 2 is 1.14 bits per heavy atom. The molecule has 2 nitrogen and oxygen atoms in total. The molecule has 0 aliphatic rings. The SMILES string of the molecule is [Cl-].[Cu+].c1ccc(-c2ccccn2)nc1. The Balaban J connectivity index is 0.000000845. The van der Waals surface area contributed by atoms with Crippen molar-refractivity contribution < 1.29 is 29.5 Å². The van der Waals surface area contributed by atoms with Crippen LogP contribution >= 0.6 is 0 Å². The van der Waals surface area contributed by atoms with Crippen LogP contribution in [0, 0.1) is 0 Å². The maximum Gasteiger partial charge on any atom is 1.00 e. The molecule has 0 fully saturated rings. The maximum atomic E-state index is 4.19. The molecular weight excluding hydrogens is 247 g/mol. The van der Waals surface area contributed by atoms with Crippen LogP contribution in [0.5, 0.6) is 0 Å². The van der Waals surface area contributed by atoms with E-state index in [4.69, 9.17) is 0 Å². The first-order valence-electron chi connectivity index (χ1n) is 3.79. The van der Waals surface area contributed by atoms with E-state index in [1.54, 1.807) is 12.4 Å². The molecule has 0 bridgehead atoms. The second kappa shape index (κ2) is 6.55. The summed E-state index contributed by atoms with van der Waals surface area (Å²) >= 11 is 0. The third-order valence-electron chi connectivity index (χ3n) is 1.59. The van der Waals surface area contributed by atoms with Gasteiger partial charge in [-0.05, 0) is 24.3 Å². The van der Waals surface area contributed by atoms with Crippen molar-refractivity contribution in [2.45, 2.75) is 0 Å². The molecule has 0 atom stereocenters. The molecular formula is C10H8ClCuN2. The van der Waals surface area contributed by atoms with Crippen LogP contribution in [0.4, 0.5) is 0 Å². The van der Waals surface area contributed by atoms with Gasteiger partial charge in [0.15, 0.2) is 0 Å². The molecule has 2 aromatic heterocycles. The summed E-state index contributed by atoms with van der Waals surface area (Å²) in [5.74, 6) is 0. The number of rotatable bonds is 1. The van der Waals surface area contributed by atoms with Crippen molar-refractivity contribution in [2.75, 3.05) is 0 Å². The zero-order valence-corrected chi connectivity index (χ0v) is 8.89. The average Bonchev–Trinajstić information content (AvgIpc) is 2.21. The number of aromatic nitrogens is 2. The fourth-order valence-corrected chi connectivity index (χ4v) is 1.03. The van der Waals surface area contributed by atoms with Crippen molar-refractivity contribution in [3.63, 3.8) is 0 Å². The van der Waals surface area contributed by atoms with Gasteiger partial charge in [0.25, 0.3) is 0 Å². The van der Waals surface area contributed by atoms with Crippen LogP contribution < -0.4 is 12.4 Å². The molecule has 2 heterocycles. The van der Waals surface area contributed by atoms with Gasteiger partial charge in [-0.3, -0.25) is 9.97 Å². The number of nitrogens with zero attached hydrogens (tertiary/aromatic N) is 2. The van der Waals surface area contributed by atoms with Crippen LogP contribution in [-0.4, -0.2) is 9.97 Å². The van der Waals surface area contributed by atoms with Gasteiger partial charge in [0.1, 0.15) is 0 Å². The first-order valence-corrected chi connectivity index (χ1v) is 3.79. The minimum atomic E-state index is 0. The summed E-state index contributed by atoms with van der Waals surface area (Å²) in [6.45, 7) is 0. The molecule has 0 amide bonds. The molecule has 0 aromatic carbocycles. The van der Waals surface area contributed by atoms with Gasteiger partial charge in [-0.25, -0.2) is 0 Å². The molecule has 0 aliphatic heterocycles. The van der Waals surface area contributed by atoms with Gasteiger partial charge in [-0.1, -0.05) is 12.1 Å². The zero-order chi connectivity index (χ0) is 8.23. The Morgan fingerprint density at radius 1 is 0.714 bits per heavy atom. The van der Waals surface area contributed by atoms with Crippen LogP contribution in [0.1, 0.15) is 0 Å². The fourth-order valence-electron chi connectivity index (χ4n) is 1.03. The number of hydrogen-bond donors (Lipinski definition) is 0. The summed E-state index contributed by atoms with van der Waals surface area (Å²) in [7, 11) is 0. The van der Waals surface area contributed by atoms with Crippen molar-refractivity contribution in [1.82, 2.24) is 9.97 Å². The quantitative estimate of drug-likeness (QED) is 0.620. The third kappa shape index (κ3) is 3.11. The Kier molecular flexibility index (Phi) is 6.13. The monoisotopic (exact) mass is 254 g/mol. The van der Waals surface area contributed by atoms with Crippen LogP contribution in [-0.2, 0) is 17.1 Å². The Labute approximate surface area is 99.7 Å². The zero-order valence-electron chi connectivity index (χ0n) is 7.19. The summed E-state index contributed by atoms with van der Waals surface area (Å²) in [6.07, 6.45) is 3.54. The predicted molar refractivity (Wildman–Crippen MR) is 47.5 cm³/mol. The van der Waals surface area contributed by atoms with E-state index in [2.05, 4.69) is 9.97 Å². The number of halogens is 1. The van der Waals surface area contributed by atoms with Gasteiger partial charge in [-0.15, -0.1) is 0 Å². The van der Waals surface area contributed by atoms with E-state index in [0.29, 0.717) is 0 Å². The third-order valence-corrected chi connectivity index (χ3v) is 1.59. The molecule has 0 N–H and O–H groups in total. The molecule has 0 spiro atoms. The van der Waals surface area contributed by atoms with Crippen LogP contribution in [0.3, 0.4) is 0 Å². The summed E-state index contributed by atoms with van der Waals surface area (Å²) in [5, 5.41) is 0. The Hall–Kier alpha value is -0.891. The molecule has 0 saturated carbocycles. The first kappa shape index (κ1) is 13.1. The van der Waals surface area contributed by atoms with Gasteiger partial charge in [0, 0.05) is 12.4 Å². The smallest absolute Gasteiger partial charge is 1.00 e. The van der Waals surface area contributed by atoms with Crippen molar-refractivity contribution in [1.29, 1.82) is 0 Å². The summed E-state index contributed by atoms with van der Waals surface area (Å²) < 4.78 is 0. The normalized spacial score (nSPS) is 8.29. The second-order valence-corrected chi connectivity index (χ2v) is 2.43. The molecule has 0 saturated heterocycles. The van der Waals surface area contributed by atoms with Gasteiger partial charge in [-0.2, -0.15) is 0 Å². The van der Waals surface area contributed by atoms with E-state index >= 15 is 0 Å². The van der Waals surface area contributed by atoms with Gasteiger partial charge in [0.2, 0.25) is 0 Å². The summed E-state index contributed by atoms with van der Waals surface area (Å²) in [5.41, 5.74) is 1.83. The molecule has 2 aromatic rings. The standard InChI is InChI=1S/C10H8N2.ClH.Cu/c1-3-7-11-9(5-1)10-6-2-4-8-12-10;;/h1-8H;1H;/q;;+1/p-1. The molecule has 0 unspecified atom stereocenters. The van der Waals surface area contributed by atoms with E-state index < -0.39 is 0 Å². The van der Waals surface area contributed by atoms with E-state index in [1.165, 1.54) is 0 Å². The molecule has 4 heteroatoms. The Morgan fingerprint density at radius 3 is 1.43 bits per heavy atom. The van der Waals surface area contributed by atoms with Crippen LogP contribution in [0.15, 0.2) is 48.8 Å². The predicted octanol–water partition coefficient (Wildman–Crippen LogP) is -0.855. The second-order valence-electron chi connectivity index (χ2n) is 2.43. The molecule has 0 aliphatic carbocycles. The molecule has 76 valence electrons. The maximum absolute atomic E-state index is 4.19. The molecule has 0 radical (unpaired) electrons. The largest absolute Gasteiger partial charge is 1.00 e. The fraction of sp³-hybridized carbons (Fsp3) is 0. The van der Waals surface area contributed by atoms with Gasteiger partial charge >= 0.3 is 17.1 Å². The average molecular weight is 255 g/mol. The number of hydrogen-bond acceptors (Lipinski definition) is 2. The van der Waals surface area contributed by atoms with E-state index in [9.17, 15) is 0 Å². The summed E-state index contributed by atoms with van der Waals surface area (Å²) in [6, 6.07) is 11.6. The van der Waals surface area contributed by atoms with E-state index in [-0.39, 0.29) is 29.5 Å². The van der Waals surface area contributed by atoms with Crippen molar-refractivity contribution in [3.8, 4) is 11.4 Å². The van der Waals surface area contributed by atoms with Crippen LogP contribution in [0.25, 0.3) is 11.4 Å². The molecule has 2 rings (SSSR count). The topological polar surface area (TPSA) is 25.8 Å². The minimum absolute atomic E-state index is 0. The first-order chi connectivity index (χ1) is 5.97. The van der Waals surface area contributed by atoms with Gasteiger partial charge in [0.05, 0.1) is 11.4 Å².